The predicted molar refractivity (Wildman–Crippen MR) is 70.5 cm³/mol. The molecule has 1 aliphatic heterocycles. The summed E-state index contributed by atoms with van der Waals surface area (Å²) in [5, 5.41) is 7.16. The van der Waals surface area contributed by atoms with Crippen molar-refractivity contribution in [1.29, 1.82) is 0 Å². The first-order valence-corrected chi connectivity index (χ1v) is 6.39. The molecule has 1 aliphatic rings. The van der Waals surface area contributed by atoms with Gasteiger partial charge in [-0.15, -0.1) is 0 Å². The molecule has 0 amide bonds. The van der Waals surface area contributed by atoms with Crippen molar-refractivity contribution in [3.8, 4) is 11.4 Å². The second-order valence-corrected chi connectivity index (χ2v) is 5.22. The van der Waals surface area contributed by atoms with Gasteiger partial charge in [0.1, 0.15) is 6.61 Å². The largest absolute Gasteiger partial charge is 0.363 e. The van der Waals surface area contributed by atoms with E-state index in [0.717, 1.165) is 18.7 Å². The summed E-state index contributed by atoms with van der Waals surface area (Å²) < 4.78 is 11.0. The van der Waals surface area contributed by atoms with Gasteiger partial charge in [-0.25, -0.2) is 0 Å². The van der Waals surface area contributed by atoms with E-state index in [2.05, 4.69) is 22.4 Å². The zero-order valence-electron chi connectivity index (χ0n) is 11.1. The van der Waals surface area contributed by atoms with Crippen molar-refractivity contribution in [2.24, 2.45) is 0 Å². The van der Waals surface area contributed by atoms with Crippen molar-refractivity contribution >= 4 is 0 Å². The van der Waals surface area contributed by atoms with E-state index in [1.807, 2.05) is 31.2 Å². The minimum atomic E-state index is -0.0987. The van der Waals surface area contributed by atoms with Crippen LogP contribution in [0.1, 0.15) is 18.4 Å². The van der Waals surface area contributed by atoms with Gasteiger partial charge in [0, 0.05) is 18.7 Å². The summed E-state index contributed by atoms with van der Waals surface area (Å²) in [6, 6.07) is 8.04. The Morgan fingerprint density at radius 2 is 2.05 bits per heavy atom. The molecular formula is C14H17N3O2. The summed E-state index contributed by atoms with van der Waals surface area (Å²) in [5.41, 5.74) is 2.07. The summed E-state index contributed by atoms with van der Waals surface area (Å²) in [6.45, 7) is 6.21. The van der Waals surface area contributed by atoms with Crippen molar-refractivity contribution in [1.82, 2.24) is 15.5 Å². The van der Waals surface area contributed by atoms with Gasteiger partial charge in [0.05, 0.1) is 5.60 Å². The number of hydrogen-bond donors (Lipinski definition) is 1. The molecular weight excluding hydrogens is 242 g/mol. The molecule has 0 unspecified atom stereocenters. The molecule has 0 spiro atoms. The highest BCUT2D eigenvalue weighted by molar-refractivity contribution is 5.54. The molecule has 0 aliphatic carbocycles. The van der Waals surface area contributed by atoms with Crippen LogP contribution in [0.5, 0.6) is 0 Å². The van der Waals surface area contributed by atoms with Crippen molar-refractivity contribution < 1.29 is 9.26 Å². The Bertz CT molecular complexity index is 558. The van der Waals surface area contributed by atoms with Crippen LogP contribution in [0.4, 0.5) is 0 Å². The van der Waals surface area contributed by atoms with Crippen LogP contribution in [0.2, 0.25) is 0 Å². The van der Waals surface area contributed by atoms with Gasteiger partial charge in [0.15, 0.2) is 0 Å². The fourth-order valence-corrected chi connectivity index (χ4v) is 1.95. The average molecular weight is 259 g/mol. The van der Waals surface area contributed by atoms with E-state index in [0.29, 0.717) is 18.3 Å². The molecule has 0 bridgehead atoms. The molecule has 0 saturated carbocycles. The fraction of sp³-hybridized carbons (Fsp3) is 0.429. The van der Waals surface area contributed by atoms with Gasteiger partial charge in [0.25, 0.3) is 5.89 Å². The number of ether oxygens (including phenoxy) is 1. The average Bonchev–Trinajstić information content (AvgIpc) is 2.84. The van der Waals surface area contributed by atoms with E-state index in [1.54, 1.807) is 0 Å². The van der Waals surface area contributed by atoms with Crippen molar-refractivity contribution in [3.05, 3.63) is 35.7 Å². The second kappa shape index (κ2) is 4.75. The molecule has 0 radical (unpaired) electrons. The Morgan fingerprint density at radius 1 is 1.32 bits per heavy atom. The highest BCUT2D eigenvalue weighted by atomic mass is 16.5. The maximum atomic E-state index is 5.76. The monoisotopic (exact) mass is 259 g/mol. The Labute approximate surface area is 112 Å². The highest BCUT2D eigenvalue weighted by Gasteiger charge is 2.33. The number of nitrogens with one attached hydrogen (secondary N) is 1. The number of aromatic nitrogens is 2. The Balaban J connectivity index is 1.67. The molecule has 2 heterocycles. The maximum Gasteiger partial charge on any atom is 0.252 e. The van der Waals surface area contributed by atoms with Crippen LogP contribution in [-0.2, 0) is 11.3 Å². The van der Waals surface area contributed by atoms with Gasteiger partial charge in [-0.2, -0.15) is 4.98 Å². The predicted octanol–water partition coefficient (Wildman–Crippen LogP) is 1.92. The minimum Gasteiger partial charge on any atom is -0.363 e. The van der Waals surface area contributed by atoms with Gasteiger partial charge in [0.2, 0.25) is 5.82 Å². The quantitative estimate of drug-likeness (QED) is 0.909. The SMILES string of the molecule is Cc1ccc(-c2noc(COC3(C)CNC3)n2)cc1. The van der Waals surface area contributed by atoms with Crippen molar-refractivity contribution in [2.45, 2.75) is 26.1 Å². The van der Waals surface area contributed by atoms with Gasteiger partial charge in [-0.05, 0) is 13.8 Å². The first-order chi connectivity index (χ1) is 9.15. The van der Waals surface area contributed by atoms with E-state index in [4.69, 9.17) is 9.26 Å². The summed E-state index contributed by atoms with van der Waals surface area (Å²) in [4.78, 5) is 4.35. The smallest absolute Gasteiger partial charge is 0.252 e. The van der Waals surface area contributed by atoms with Gasteiger partial charge in [-0.1, -0.05) is 35.0 Å². The van der Waals surface area contributed by atoms with Crippen LogP contribution < -0.4 is 5.32 Å². The van der Waals surface area contributed by atoms with Crippen molar-refractivity contribution in [3.63, 3.8) is 0 Å². The van der Waals surface area contributed by atoms with Crippen molar-refractivity contribution in [2.75, 3.05) is 13.1 Å². The molecule has 1 saturated heterocycles. The highest BCUT2D eigenvalue weighted by Crippen LogP contribution is 2.19. The molecule has 1 aromatic heterocycles. The fourth-order valence-electron chi connectivity index (χ4n) is 1.95. The topological polar surface area (TPSA) is 60.2 Å². The molecule has 5 nitrogen and oxygen atoms in total. The molecule has 5 heteroatoms. The number of hydrogen-bond acceptors (Lipinski definition) is 5. The molecule has 1 aromatic carbocycles. The van der Waals surface area contributed by atoms with Gasteiger partial charge in [-0.3, -0.25) is 0 Å². The zero-order valence-corrected chi connectivity index (χ0v) is 11.1. The Hall–Kier alpha value is -1.72. The lowest BCUT2D eigenvalue weighted by Gasteiger charge is -2.38. The standard InChI is InChI=1S/C14H17N3O2/c1-10-3-5-11(6-4-10)13-16-12(19-17-13)7-18-14(2)8-15-9-14/h3-6,15H,7-9H2,1-2H3. The third-order valence-electron chi connectivity index (χ3n) is 3.32. The molecule has 2 aromatic rings. The third kappa shape index (κ3) is 2.67. The van der Waals surface area contributed by atoms with Crippen LogP contribution in [0.25, 0.3) is 11.4 Å². The second-order valence-electron chi connectivity index (χ2n) is 5.22. The first-order valence-electron chi connectivity index (χ1n) is 6.39. The lowest BCUT2D eigenvalue weighted by molar-refractivity contribution is -0.0841. The number of rotatable bonds is 4. The summed E-state index contributed by atoms with van der Waals surface area (Å²) in [5.74, 6) is 1.12. The van der Waals surface area contributed by atoms with Gasteiger partial charge >= 0.3 is 0 Å². The molecule has 1 N–H and O–H groups in total. The summed E-state index contributed by atoms with van der Waals surface area (Å²) in [7, 11) is 0. The molecule has 100 valence electrons. The number of nitrogens with zero attached hydrogens (tertiary/aromatic N) is 2. The van der Waals surface area contributed by atoms with Crippen LogP contribution in [0, 0.1) is 6.92 Å². The molecule has 0 atom stereocenters. The van der Waals surface area contributed by atoms with E-state index < -0.39 is 0 Å². The van der Waals surface area contributed by atoms with E-state index in [1.165, 1.54) is 5.56 Å². The lowest BCUT2D eigenvalue weighted by Crippen LogP contribution is -2.58. The third-order valence-corrected chi connectivity index (χ3v) is 3.32. The van der Waals surface area contributed by atoms with Crippen LogP contribution >= 0.6 is 0 Å². The molecule has 3 rings (SSSR count). The number of benzene rings is 1. The summed E-state index contributed by atoms with van der Waals surface area (Å²) in [6.07, 6.45) is 0. The molecule has 19 heavy (non-hydrogen) atoms. The van der Waals surface area contributed by atoms with Crippen LogP contribution in [0.3, 0.4) is 0 Å². The van der Waals surface area contributed by atoms with Gasteiger partial charge < -0.3 is 14.6 Å². The normalized spacial score (nSPS) is 17.2. The molecule has 1 fully saturated rings. The minimum absolute atomic E-state index is 0.0987. The zero-order chi connectivity index (χ0) is 13.3. The number of aryl methyl sites for hydroxylation is 1. The lowest BCUT2D eigenvalue weighted by atomic mass is 10.0. The van der Waals surface area contributed by atoms with E-state index >= 15 is 0 Å². The first kappa shape index (κ1) is 12.3. The van der Waals surface area contributed by atoms with E-state index in [9.17, 15) is 0 Å². The van der Waals surface area contributed by atoms with Crippen LogP contribution in [-0.4, -0.2) is 28.8 Å². The van der Waals surface area contributed by atoms with Crippen LogP contribution in [0.15, 0.2) is 28.8 Å². The van der Waals surface area contributed by atoms with E-state index in [-0.39, 0.29) is 5.60 Å². The Morgan fingerprint density at radius 3 is 2.68 bits per heavy atom. The Kier molecular flexibility index (Phi) is 3.08. The summed E-state index contributed by atoms with van der Waals surface area (Å²) >= 11 is 0. The maximum absolute atomic E-state index is 5.76.